The van der Waals surface area contributed by atoms with Gasteiger partial charge in [-0.1, -0.05) is 18.5 Å². The van der Waals surface area contributed by atoms with E-state index in [0.717, 1.165) is 5.69 Å². The second-order valence-electron chi connectivity index (χ2n) is 4.30. The molecule has 3 N–H and O–H groups in total. The van der Waals surface area contributed by atoms with E-state index in [9.17, 15) is 4.79 Å². The van der Waals surface area contributed by atoms with Crippen LogP contribution in [0.4, 0.5) is 0 Å². The van der Waals surface area contributed by atoms with Crippen LogP contribution in [0.25, 0.3) is 0 Å². The van der Waals surface area contributed by atoms with Crippen LogP contribution in [0, 0.1) is 6.92 Å². The number of amides is 1. The predicted molar refractivity (Wildman–Crippen MR) is 67.9 cm³/mol. The monoisotopic (exact) mass is 258 g/mol. The predicted octanol–water partition coefficient (Wildman–Crippen LogP) is 1.09. The van der Waals surface area contributed by atoms with E-state index >= 15 is 0 Å². The number of hydrogen-bond acceptors (Lipinski definition) is 3. The maximum Gasteiger partial charge on any atom is 0.237 e. The van der Waals surface area contributed by atoms with Crippen molar-refractivity contribution in [3.05, 3.63) is 16.9 Å². The Hall–Kier alpha value is -1.07. The summed E-state index contributed by atoms with van der Waals surface area (Å²) in [6.45, 7) is 6.88. The Kier molecular flexibility index (Phi) is 4.54. The Morgan fingerprint density at radius 2 is 2.35 bits per heavy atom. The number of likely N-dealkylation sites (N-methyl/N-ethyl adjacent to an activating group) is 1. The average molecular weight is 259 g/mol. The van der Waals surface area contributed by atoms with Gasteiger partial charge in [-0.25, -0.2) is 0 Å². The molecule has 0 saturated carbocycles. The summed E-state index contributed by atoms with van der Waals surface area (Å²) in [5, 5.41) is 7.97. The topological polar surface area (TPSA) is 72.9 Å². The number of nitrogens with two attached hydrogens (primary N) is 1. The van der Waals surface area contributed by atoms with Gasteiger partial charge < -0.3 is 11.1 Å². The molecule has 1 aromatic heterocycles. The number of hydrogen-bond donors (Lipinski definition) is 2. The van der Waals surface area contributed by atoms with Gasteiger partial charge in [0.1, 0.15) is 0 Å². The van der Waals surface area contributed by atoms with Gasteiger partial charge in [0.05, 0.1) is 16.3 Å². The molecule has 0 aliphatic heterocycles. The highest BCUT2D eigenvalue weighted by atomic mass is 35.5. The summed E-state index contributed by atoms with van der Waals surface area (Å²) in [6, 6.07) is 0. The first-order valence-corrected chi connectivity index (χ1v) is 6.01. The second kappa shape index (κ2) is 5.51. The van der Waals surface area contributed by atoms with Crippen LogP contribution in [0.5, 0.6) is 0 Å². The summed E-state index contributed by atoms with van der Waals surface area (Å²) in [5.74, 6) is -0.352. The zero-order valence-electron chi connectivity index (χ0n) is 10.5. The largest absolute Gasteiger partial charge is 0.368 e. The molecule has 1 aromatic rings. The molecule has 17 heavy (non-hydrogen) atoms. The first kappa shape index (κ1) is 14.0. The highest BCUT2D eigenvalue weighted by molar-refractivity contribution is 6.31. The summed E-state index contributed by atoms with van der Waals surface area (Å²) in [5.41, 5.74) is 5.48. The first-order valence-electron chi connectivity index (χ1n) is 5.63. The van der Waals surface area contributed by atoms with Crippen molar-refractivity contribution in [2.45, 2.75) is 39.3 Å². The zero-order chi connectivity index (χ0) is 13.1. The lowest BCUT2D eigenvalue weighted by molar-refractivity contribution is -0.124. The summed E-state index contributed by atoms with van der Waals surface area (Å²) < 4.78 is 1.73. The summed E-state index contributed by atoms with van der Waals surface area (Å²) in [7, 11) is 0. The molecule has 1 unspecified atom stereocenters. The van der Waals surface area contributed by atoms with Crippen LogP contribution in [0.2, 0.25) is 5.02 Å². The fourth-order valence-corrected chi connectivity index (χ4v) is 1.79. The van der Waals surface area contributed by atoms with E-state index < -0.39 is 5.54 Å². The molecule has 96 valence electrons. The Morgan fingerprint density at radius 1 is 1.71 bits per heavy atom. The van der Waals surface area contributed by atoms with Crippen LogP contribution in [-0.4, -0.2) is 27.8 Å². The van der Waals surface area contributed by atoms with Crippen molar-refractivity contribution in [1.82, 2.24) is 15.1 Å². The number of nitrogens with zero attached hydrogens (tertiary/aromatic N) is 2. The van der Waals surface area contributed by atoms with Gasteiger partial charge in [-0.2, -0.15) is 5.10 Å². The molecule has 0 bridgehead atoms. The molecule has 0 fully saturated rings. The molecular formula is C11H19ClN4O. The minimum absolute atomic E-state index is 0.352. The van der Waals surface area contributed by atoms with E-state index in [2.05, 4.69) is 10.4 Å². The number of nitrogens with one attached hydrogen (secondary N) is 1. The molecule has 0 radical (unpaired) electrons. The van der Waals surface area contributed by atoms with Crippen LogP contribution in [0.3, 0.4) is 0 Å². The van der Waals surface area contributed by atoms with Crippen LogP contribution in [0.1, 0.15) is 26.0 Å². The van der Waals surface area contributed by atoms with Crippen molar-refractivity contribution in [2.24, 2.45) is 5.73 Å². The molecular weight excluding hydrogens is 240 g/mol. The molecule has 1 atom stereocenters. The quantitative estimate of drug-likeness (QED) is 0.802. The van der Waals surface area contributed by atoms with E-state index in [4.69, 9.17) is 17.3 Å². The molecule has 1 heterocycles. The molecule has 5 nitrogen and oxygen atoms in total. The molecule has 0 aromatic carbocycles. The molecule has 0 aliphatic rings. The molecule has 6 heteroatoms. The zero-order valence-corrected chi connectivity index (χ0v) is 11.2. The number of carbonyl (C=O) groups excluding carboxylic acids is 1. The van der Waals surface area contributed by atoms with Gasteiger partial charge >= 0.3 is 0 Å². The lowest BCUT2D eigenvalue weighted by Gasteiger charge is -2.26. The van der Waals surface area contributed by atoms with E-state index in [1.807, 2.05) is 13.8 Å². The SMILES string of the molecule is CCNC(C)(CCn1cc(Cl)c(C)n1)C(N)=O. The van der Waals surface area contributed by atoms with Crippen molar-refractivity contribution >= 4 is 17.5 Å². The van der Waals surface area contributed by atoms with E-state index in [1.54, 1.807) is 17.8 Å². The molecule has 0 aliphatic carbocycles. The van der Waals surface area contributed by atoms with Gasteiger partial charge in [-0.3, -0.25) is 9.48 Å². The van der Waals surface area contributed by atoms with Crippen LogP contribution < -0.4 is 11.1 Å². The fraction of sp³-hybridized carbons (Fsp3) is 0.636. The maximum atomic E-state index is 11.4. The van der Waals surface area contributed by atoms with E-state index in [1.165, 1.54) is 0 Å². The van der Waals surface area contributed by atoms with Gasteiger partial charge in [-0.05, 0) is 26.8 Å². The van der Waals surface area contributed by atoms with Crippen LogP contribution in [0.15, 0.2) is 6.20 Å². The lowest BCUT2D eigenvalue weighted by Crippen LogP contribution is -2.53. The van der Waals surface area contributed by atoms with Crippen LogP contribution >= 0.6 is 11.6 Å². The molecule has 1 rings (SSSR count). The Morgan fingerprint density at radius 3 is 2.76 bits per heavy atom. The molecule has 1 amide bonds. The normalized spacial score (nSPS) is 14.6. The van der Waals surface area contributed by atoms with Crippen molar-refractivity contribution in [1.29, 1.82) is 0 Å². The minimum atomic E-state index is -0.707. The smallest absolute Gasteiger partial charge is 0.237 e. The van der Waals surface area contributed by atoms with Crippen molar-refractivity contribution in [2.75, 3.05) is 6.54 Å². The standard InChI is InChI=1S/C11H19ClN4O/c1-4-14-11(3,10(13)17)5-6-16-7-9(12)8(2)15-16/h7,14H,4-6H2,1-3H3,(H2,13,17). The Labute approximate surface area is 106 Å². The van der Waals surface area contributed by atoms with Gasteiger partial charge in [0.25, 0.3) is 0 Å². The summed E-state index contributed by atoms with van der Waals surface area (Å²) in [6.07, 6.45) is 2.33. The average Bonchev–Trinajstić information content (AvgIpc) is 2.56. The van der Waals surface area contributed by atoms with Crippen molar-refractivity contribution in [3.8, 4) is 0 Å². The van der Waals surface area contributed by atoms with Crippen LogP contribution in [-0.2, 0) is 11.3 Å². The van der Waals surface area contributed by atoms with Gasteiger partial charge in [0, 0.05) is 12.7 Å². The number of aromatic nitrogens is 2. The lowest BCUT2D eigenvalue weighted by atomic mass is 9.97. The maximum absolute atomic E-state index is 11.4. The van der Waals surface area contributed by atoms with E-state index in [0.29, 0.717) is 24.5 Å². The Bertz CT molecular complexity index is 385. The fourth-order valence-electron chi connectivity index (χ4n) is 1.64. The highest BCUT2D eigenvalue weighted by Gasteiger charge is 2.29. The number of aryl methyl sites for hydroxylation is 2. The number of carbonyl (C=O) groups is 1. The summed E-state index contributed by atoms with van der Waals surface area (Å²) >= 11 is 5.91. The number of rotatable bonds is 6. The number of halogens is 1. The third-order valence-electron chi connectivity index (χ3n) is 2.84. The minimum Gasteiger partial charge on any atom is -0.368 e. The Balaban J connectivity index is 2.67. The third kappa shape index (κ3) is 3.44. The van der Waals surface area contributed by atoms with Crippen molar-refractivity contribution < 1.29 is 4.79 Å². The third-order valence-corrected chi connectivity index (χ3v) is 3.21. The second-order valence-corrected chi connectivity index (χ2v) is 4.71. The molecule has 0 saturated heterocycles. The molecule has 0 spiro atoms. The van der Waals surface area contributed by atoms with Gasteiger partial charge in [0.15, 0.2) is 0 Å². The van der Waals surface area contributed by atoms with Gasteiger partial charge in [-0.15, -0.1) is 0 Å². The first-order chi connectivity index (χ1) is 7.89. The van der Waals surface area contributed by atoms with Crippen molar-refractivity contribution in [3.63, 3.8) is 0 Å². The van der Waals surface area contributed by atoms with E-state index in [-0.39, 0.29) is 5.91 Å². The summed E-state index contributed by atoms with van der Waals surface area (Å²) in [4.78, 5) is 11.4. The number of primary amides is 1. The van der Waals surface area contributed by atoms with Gasteiger partial charge in [0.2, 0.25) is 5.91 Å². The highest BCUT2D eigenvalue weighted by Crippen LogP contribution is 2.15.